The smallest absolute Gasteiger partial charge is 0.409 e. The first kappa shape index (κ1) is 14.2. The Labute approximate surface area is 123 Å². The van der Waals surface area contributed by atoms with Gasteiger partial charge >= 0.3 is 6.09 Å². The molecule has 0 saturated heterocycles. The highest BCUT2D eigenvalue weighted by Crippen LogP contribution is 2.57. The zero-order valence-electron chi connectivity index (χ0n) is 13.1. The van der Waals surface area contributed by atoms with Crippen LogP contribution < -0.4 is 0 Å². The maximum Gasteiger partial charge on any atom is 0.409 e. The summed E-state index contributed by atoms with van der Waals surface area (Å²) in [6.07, 6.45) is 11.1. The van der Waals surface area contributed by atoms with Gasteiger partial charge in [-0.3, -0.25) is 0 Å². The molecule has 0 radical (unpaired) electrons. The van der Waals surface area contributed by atoms with Crippen molar-refractivity contribution in [1.29, 1.82) is 0 Å². The van der Waals surface area contributed by atoms with Gasteiger partial charge in [0, 0.05) is 12.6 Å². The maximum atomic E-state index is 12.3. The minimum Gasteiger partial charge on any atom is -0.449 e. The largest absolute Gasteiger partial charge is 0.449 e. The van der Waals surface area contributed by atoms with E-state index in [9.17, 15) is 4.79 Å². The Hall–Kier alpha value is -0.730. The van der Waals surface area contributed by atoms with E-state index in [-0.39, 0.29) is 11.6 Å². The summed E-state index contributed by atoms with van der Waals surface area (Å²) in [4.78, 5) is 14.3. The minimum absolute atomic E-state index is 0.0805. The topological polar surface area (TPSA) is 29.5 Å². The molecule has 0 aromatic carbocycles. The number of nitrogens with zero attached hydrogens (tertiary/aromatic N) is 1. The third kappa shape index (κ3) is 2.56. The van der Waals surface area contributed by atoms with Crippen LogP contribution in [0.15, 0.2) is 0 Å². The number of unbranched alkanes of at least 4 members (excludes halogenated alkanes) is 2. The van der Waals surface area contributed by atoms with Crippen LogP contribution in [-0.2, 0) is 4.74 Å². The highest BCUT2D eigenvalue weighted by Gasteiger charge is 2.54. The van der Waals surface area contributed by atoms with Crippen LogP contribution in [-0.4, -0.2) is 30.2 Å². The monoisotopic (exact) mass is 279 g/mol. The van der Waals surface area contributed by atoms with E-state index >= 15 is 0 Å². The molecule has 4 aliphatic carbocycles. The second kappa shape index (κ2) is 5.57. The number of amides is 1. The SMILES string of the molecule is CCCCCOC(=O)N(C)C12CC3CC(CC(C3)C1)C2. The van der Waals surface area contributed by atoms with E-state index in [0.29, 0.717) is 6.61 Å². The standard InChI is InChI=1S/C17H29NO2/c1-3-4-5-6-20-16(19)18(2)17-10-13-7-14(11-17)9-15(8-13)12-17/h13-15H,3-12H2,1-2H3. The lowest BCUT2D eigenvalue weighted by molar-refractivity contribution is -0.0727. The van der Waals surface area contributed by atoms with Gasteiger partial charge in [-0.2, -0.15) is 0 Å². The number of rotatable bonds is 5. The second-order valence-electron chi connectivity index (χ2n) is 7.52. The van der Waals surface area contributed by atoms with Crippen molar-refractivity contribution < 1.29 is 9.53 Å². The number of ether oxygens (including phenoxy) is 1. The predicted molar refractivity (Wildman–Crippen MR) is 79.5 cm³/mol. The molecular formula is C17H29NO2. The molecular weight excluding hydrogens is 250 g/mol. The van der Waals surface area contributed by atoms with E-state index in [1.165, 1.54) is 44.9 Å². The summed E-state index contributed by atoms with van der Waals surface area (Å²) in [5.41, 5.74) is 0.136. The zero-order chi connectivity index (χ0) is 14.2. The molecule has 0 aliphatic heterocycles. The normalized spacial score (nSPS) is 38.0. The average molecular weight is 279 g/mol. The molecule has 3 nitrogen and oxygen atoms in total. The van der Waals surface area contributed by atoms with Crippen molar-refractivity contribution in [2.45, 2.75) is 70.3 Å². The molecule has 0 unspecified atom stereocenters. The molecule has 0 aromatic heterocycles. The second-order valence-corrected chi connectivity index (χ2v) is 7.52. The van der Waals surface area contributed by atoms with Gasteiger partial charge in [-0.15, -0.1) is 0 Å². The van der Waals surface area contributed by atoms with Gasteiger partial charge in [0.15, 0.2) is 0 Å². The van der Waals surface area contributed by atoms with Crippen LogP contribution in [0.5, 0.6) is 0 Å². The van der Waals surface area contributed by atoms with Gasteiger partial charge in [0.1, 0.15) is 0 Å². The Morgan fingerprint density at radius 3 is 2.15 bits per heavy atom. The lowest BCUT2D eigenvalue weighted by atomic mass is 9.52. The van der Waals surface area contributed by atoms with Crippen LogP contribution in [0.1, 0.15) is 64.7 Å². The lowest BCUT2D eigenvalue weighted by Gasteiger charge is -2.59. The fourth-order valence-corrected chi connectivity index (χ4v) is 5.28. The Morgan fingerprint density at radius 2 is 1.65 bits per heavy atom. The molecule has 4 fully saturated rings. The number of hydrogen-bond acceptors (Lipinski definition) is 2. The quantitative estimate of drug-likeness (QED) is 0.705. The Morgan fingerprint density at radius 1 is 1.10 bits per heavy atom. The van der Waals surface area contributed by atoms with E-state index in [4.69, 9.17) is 4.74 Å². The van der Waals surface area contributed by atoms with Crippen molar-refractivity contribution >= 4 is 6.09 Å². The first-order chi connectivity index (χ1) is 9.63. The van der Waals surface area contributed by atoms with Crippen molar-refractivity contribution in [3.63, 3.8) is 0 Å². The molecule has 0 spiro atoms. The number of carbonyl (C=O) groups is 1. The van der Waals surface area contributed by atoms with E-state index in [1.807, 2.05) is 11.9 Å². The van der Waals surface area contributed by atoms with Crippen LogP contribution >= 0.6 is 0 Å². The Balaban J connectivity index is 1.58. The summed E-state index contributed by atoms with van der Waals surface area (Å²) >= 11 is 0. The predicted octanol–water partition coefficient (Wildman–Crippen LogP) is 4.21. The fraction of sp³-hybridized carbons (Fsp3) is 0.941. The summed E-state index contributed by atoms with van der Waals surface area (Å²) < 4.78 is 5.48. The Bertz CT molecular complexity index is 331. The van der Waals surface area contributed by atoms with Crippen LogP contribution in [0, 0.1) is 17.8 Å². The van der Waals surface area contributed by atoms with E-state index < -0.39 is 0 Å². The van der Waals surface area contributed by atoms with Gasteiger partial charge < -0.3 is 9.64 Å². The third-order valence-electron chi connectivity index (χ3n) is 5.96. The molecule has 3 heteroatoms. The molecule has 0 atom stereocenters. The van der Waals surface area contributed by atoms with E-state index in [2.05, 4.69) is 6.92 Å². The first-order valence-electron chi connectivity index (χ1n) is 8.53. The van der Waals surface area contributed by atoms with Crippen molar-refractivity contribution in [2.24, 2.45) is 17.8 Å². The molecule has 4 aliphatic rings. The Kier molecular flexibility index (Phi) is 3.96. The molecule has 1 amide bonds. The van der Waals surface area contributed by atoms with Crippen LogP contribution in [0.25, 0.3) is 0 Å². The fourth-order valence-electron chi connectivity index (χ4n) is 5.28. The van der Waals surface area contributed by atoms with Crippen LogP contribution in [0.3, 0.4) is 0 Å². The van der Waals surface area contributed by atoms with Gasteiger partial charge in [-0.1, -0.05) is 19.8 Å². The maximum absolute atomic E-state index is 12.3. The van der Waals surface area contributed by atoms with Crippen LogP contribution in [0.4, 0.5) is 4.79 Å². The van der Waals surface area contributed by atoms with E-state index in [0.717, 1.165) is 30.6 Å². The lowest BCUT2D eigenvalue weighted by Crippen LogP contribution is -2.60. The van der Waals surface area contributed by atoms with Crippen molar-refractivity contribution in [1.82, 2.24) is 4.90 Å². The average Bonchev–Trinajstić information content (AvgIpc) is 2.41. The molecule has 0 heterocycles. The molecule has 114 valence electrons. The summed E-state index contributed by atoms with van der Waals surface area (Å²) in [5.74, 6) is 2.62. The van der Waals surface area contributed by atoms with Gasteiger partial charge in [-0.25, -0.2) is 4.79 Å². The van der Waals surface area contributed by atoms with Crippen LogP contribution in [0.2, 0.25) is 0 Å². The van der Waals surface area contributed by atoms with Gasteiger partial charge in [0.25, 0.3) is 0 Å². The molecule has 4 bridgehead atoms. The number of hydrogen-bond donors (Lipinski definition) is 0. The summed E-state index contributed by atoms with van der Waals surface area (Å²) in [5, 5.41) is 0. The summed E-state index contributed by atoms with van der Waals surface area (Å²) in [7, 11) is 1.98. The van der Waals surface area contributed by atoms with E-state index in [1.54, 1.807) is 0 Å². The summed E-state index contributed by atoms with van der Waals surface area (Å²) in [6.45, 7) is 2.76. The molecule has 4 rings (SSSR count). The van der Waals surface area contributed by atoms with Gasteiger partial charge in [0.2, 0.25) is 0 Å². The molecule has 0 N–H and O–H groups in total. The first-order valence-corrected chi connectivity index (χ1v) is 8.53. The van der Waals surface area contributed by atoms with Gasteiger partial charge in [0.05, 0.1) is 6.61 Å². The zero-order valence-corrected chi connectivity index (χ0v) is 13.1. The molecule has 0 aromatic rings. The highest BCUT2D eigenvalue weighted by atomic mass is 16.6. The van der Waals surface area contributed by atoms with Crippen molar-refractivity contribution in [3.05, 3.63) is 0 Å². The van der Waals surface area contributed by atoms with Gasteiger partial charge in [-0.05, 0) is 62.7 Å². The summed E-state index contributed by atoms with van der Waals surface area (Å²) in [6, 6.07) is 0. The third-order valence-corrected chi connectivity index (χ3v) is 5.96. The minimum atomic E-state index is -0.0805. The molecule has 4 saturated carbocycles. The molecule has 20 heavy (non-hydrogen) atoms. The number of carbonyl (C=O) groups excluding carboxylic acids is 1. The highest BCUT2D eigenvalue weighted by molar-refractivity contribution is 5.68. The van der Waals surface area contributed by atoms with Crippen molar-refractivity contribution in [3.8, 4) is 0 Å². The van der Waals surface area contributed by atoms with Crippen molar-refractivity contribution in [2.75, 3.05) is 13.7 Å².